The Morgan fingerprint density at radius 1 is 1.42 bits per heavy atom. The molecule has 0 saturated carbocycles. The van der Waals surface area contributed by atoms with Crippen LogP contribution >= 0.6 is 11.6 Å². The Morgan fingerprint density at radius 2 is 2.17 bits per heavy atom. The van der Waals surface area contributed by atoms with Crippen molar-refractivity contribution in [3.63, 3.8) is 0 Å². The molecular formula is C9H20ClNO. The second kappa shape index (κ2) is 9.30. The number of hydrogen-bond donors (Lipinski definition) is 1. The zero-order valence-electron chi connectivity index (χ0n) is 8.11. The van der Waals surface area contributed by atoms with E-state index in [-0.39, 0.29) is 5.38 Å². The molecule has 0 aromatic rings. The third-order valence-electron chi connectivity index (χ3n) is 1.69. The van der Waals surface area contributed by atoms with Crippen molar-refractivity contribution in [1.29, 1.82) is 0 Å². The van der Waals surface area contributed by atoms with Gasteiger partial charge < -0.3 is 10.1 Å². The number of rotatable bonds is 8. The van der Waals surface area contributed by atoms with Crippen molar-refractivity contribution >= 4 is 11.6 Å². The maximum absolute atomic E-state index is 5.93. The highest BCUT2D eigenvalue weighted by molar-refractivity contribution is 6.20. The van der Waals surface area contributed by atoms with E-state index >= 15 is 0 Å². The molecule has 0 spiro atoms. The van der Waals surface area contributed by atoms with Gasteiger partial charge in [0.05, 0.1) is 12.0 Å². The molecule has 12 heavy (non-hydrogen) atoms. The minimum Gasteiger partial charge on any atom is -0.383 e. The van der Waals surface area contributed by atoms with E-state index in [9.17, 15) is 0 Å². The summed E-state index contributed by atoms with van der Waals surface area (Å²) in [7, 11) is 1.68. The largest absolute Gasteiger partial charge is 0.383 e. The standard InChI is InChI=1S/C9H20ClNO/c1-3-4-6-11-7-5-9(10)8-12-2/h9,11H,3-8H2,1-2H3. The van der Waals surface area contributed by atoms with Gasteiger partial charge in [-0.15, -0.1) is 11.6 Å². The fourth-order valence-electron chi connectivity index (χ4n) is 0.950. The summed E-state index contributed by atoms with van der Waals surface area (Å²) in [5, 5.41) is 3.49. The molecule has 2 nitrogen and oxygen atoms in total. The summed E-state index contributed by atoms with van der Waals surface area (Å²) in [6, 6.07) is 0. The average molecular weight is 194 g/mol. The molecule has 1 unspecified atom stereocenters. The first-order chi connectivity index (χ1) is 5.81. The van der Waals surface area contributed by atoms with Crippen LogP contribution in [0.5, 0.6) is 0 Å². The van der Waals surface area contributed by atoms with Gasteiger partial charge in [-0.3, -0.25) is 0 Å². The van der Waals surface area contributed by atoms with Crippen LogP contribution in [0.4, 0.5) is 0 Å². The monoisotopic (exact) mass is 193 g/mol. The first-order valence-electron chi connectivity index (χ1n) is 4.65. The van der Waals surface area contributed by atoms with Crippen molar-refractivity contribution in [2.75, 3.05) is 26.8 Å². The first kappa shape index (κ1) is 12.2. The lowest BCUT2D eigenvalue weighted by Crippen LogP contribution is -2.21. The van der Waals surface area contributed by atoms with E-state index in [1.807, 2.05) is 0 Å². The number of halogens is 1. The molecule has 0 rings (SSSR count). The topological polar surface area (TPSA) is 21.3 Å². The van der Waals surface area contributed by atoms with Gasteiger partial charge in [-0.25, -0.2) is 0 Å². The molecule has 0 saturated heterocycles. The fourth-order valence-corrected chi connectivity index (χ4v) is 1.18. The van der Waals surface area contributed by atoms with E-state index in [0.29, 0.717) is 6.61 Å². The Bertz CT molecular complexity index is 90.6. The smallest absolute Gasteiger partial charge is 0.0626 e. The summed E-state index contributed by atoms with van der Waals surface area (Å²) in [6.45, 7) is 4.94. The van der Waals surface area contributed by atoms with E-state index in [1.165, 1.54) is 12.8 Å². The number of hydrogen-bond acceptors (Lipinski definition) is 2. The van der Waals surface area contributed by atoms with Gasteiger partial charge in [0, 0.05) is 7.11 Å². The van der Waals surface area contributed by atoms with Crippen LogP contribution in [0.3, 0.4) is 0 Å². The van der Waals surface area contributed by atoms with Crippen LogP contribution in [-0.2, 0) is 4.74 Å². The molecule has 0 fully saturated rings. The van der Waals surface area contributed by atoms with Crippen molar-refractivity contribution in [3.05, 3.63) is 0 Å². The van der Waals surface area contributed by atoms with Gasteiger partial charge in [-0.2, -0.15) is 0 Å². The second-order valence-electron chi connectivity index (χ2n) is 2.94. The number of unbranched alkanes of at least 4 members (excludes halogenated alkanes) is 1. The molecule has 0 radical (unpaired) electrons. The van der Waals surface area contributed by atoms with Crippen LogP contribution in [0.1, 0.15) is 26.2 Å². The fraction of sp³-hybridized carbons (Fsp3) is 1.00. The first-order valence-corrected chi connectivity index (χ1v) is 5.08. The van der Waals surface area contributed by atoms with Crippen LogP contribution in [0, 0.1) is 0 Å². The Kier molecular flexibility index (Phi) is 9.46. The van der Waals surface area contributed by atoms with Crippen molar-refractivity contribution in [3.8, 4) is 0 Å². The Labute approximate surface area is 80.6 Å². The van der Waals surface area contributed by atoms with Gasteiger partial charge in [0.15, 0.2) is 0 Å². The number of ether oxygens (including phenoxy) is 1. The molecule has 0 aromatic heterocycles. The average Bonchev–Trinajstić information content (AvgIpc) is 2.05. The van der Waals surface area contributed by atoms with E-state index in [4.69, 9.17) is 16.3 Å². The predicted octanol–water partition coefficient (Wildman–Crippen LogP) is 2.02. The van der Waals surface area contributed by atoms with Crippen molar-refractivity contribution < 1.29 is 4.74 Å². The van der Waals surface area contributed by atoms with Gasteiger partial charge in [0.1, 0.15) is 0 Å². The van der Waals surface area contributed by atoms with Crippen LogP contribution in [0.25, 0.3) is 0 Å². The van der Waals surface area contributed by atoms with E-state index < -0.39 is 0 Å². The molecule has 0 aromatic carbocycles. The summed E-state index contributed by atoms with van der Waals surface area (Å²) < 4.78 is 4.92. The van der Waals surface area contributed by atoms with Gasteiger partial charge in [-0.1, -0.05) is 13.3 Å². The summed E-state index contributed by atoms with van der Waals surface area (Å²) in [4.78, 5) is 0. The van der Waals surface area contributed by atoms with E-state index in [2.05, 4.69) is 12.2 Å². The summed E-state index contributed by atoms with van der Waals surface area (Å²) >= 11 is 5.93. The molecule has 0 aliphatic carbocycles. The highest BCUT2D eigenvalue weighted by Gasteiger charge is 2.01. The zero-order chi connectivity index (χ0) is 9.23. The summed E-state index contributed by atoms with van der Waals surface area (Å²) in [6.07, 6.45) is 3.48. The lowest BCUT2D eigenvalue weighted by atomic mass is 10.3. The second-order valence-corrected chi connectivity index (χ2v) is 3.56. The lowest BCUT2D eigenvalue weighted by molar-refractivity contribution is 0.195. The van der Waals surface area contributed by atoms with Gasteiger partial charge >= 0.3 is 0 Å². The Balaban J connectivity index is 2.97. The maximum Gasteiger partial charge on any atom is 0.0626 e. The predicted molar refractivity (Wildman–Crippen MR) is 53.9 cm³/mol. The van der Waals surface area contributed by atoms with Crippen molar-refractivity contribution in [1.82, 2.24) is 5.32 Å². The van der Waals surface area contributed by atoms with Crippen LogP contribution in [0.2, 0.25) is 0 Å². The molecule has 0 aliphatic heterocycles. The SMILES string of the molecule is CCCCNCCC(Cl)COC. The lowest BCUT2D eigenvalue weighted by Gasteiger charge is -2.08. The highest BCUT2D eigenvalue weighted by Crippen LogP contribution is 2.00. The zero-order valence-corrected chi connectivity index (χ0v) is 8.86. The normalized spacial score (nSPS) is 13.2. The third-order valence-corrected chi connectivity index (χ3v) is 2.03. The molecule has 74 valence electrons. The van der Waals surface area contributed by atoms with E-state index in [0.717, 1.165) is 19.5 Å². The highest BCUT2D eigenvalue weighted by atomic mass is 35.5. The molecule has 0 aliphatic rings. The van der Waals surface area contributed by atoms with Crippen molar-refractivity contribution in [2.45, 2.75) is 31.6 Å². The molecule has 0 amide bonds. The Hall–Kier alpha value is 0.210. The van der Waals surface area contributed by atoms with E-state index in [1.54, 1.807) is 7.11 Å². The Morgan fingerprint density at radius 3 is 2.75 bits per heavy atom. The van der Waals surface area contributed by atoms with Crippen LogP contribution < -0.4 is 5.32 Å². The van der Waals surface area contributed by atoms with Gasteiger partial charge in [0.2, 0.25) is 0 Å². The minimum atomic E-state index is 0.157. The van der Waals surface area contributed by atoms with Crippen molar-refractivity contribution in [2.24, 2.45) is 0 Å². The summed E-state index contributed by atoms with van der Waals surface area (Å²) in [5.74, 6) is 0. The van der Waals surface area contributed by atoms with Crippen LogP contribution in [-0.4, -0.2) is 32.2 Å². The number of methoxy groups -OCH3 is 1. The third kappa shape index (κ3) is 8.31. The number of alkyl halides is 1. The molecule has 1 atom stereocenters. The number of nitrogens with one attached hydrogen (secondary N) is 1. The molecular weight excluding hydrogens is 174 g/mol. The minimum absolute atomic E-state index is 0.157. The summed E-state index contributed by atoms with van der Waals surface area (Å²) in [5.41, 5.74) is 0. The molecule has 0 heterocycles. The maximum atomic E-state index is 5.93. The molecule has 1 N–H and O–H groups in total. The molecule has 0 bridgehead atoms. The van der Waals surface area contributed by atoms with Crippen LogP contribution in [0.15, 0.2) is 0 Å². The van der Waals surface area contributed by atoms with Gasteiger partial charge in [0.25, 0.3) is 0 Å². The quantitative estimate of drug-likeness (QED) is 0.471. The molecule has 3 heteroatoms. The van der Waals surface area contributed by atoms with Gasteiger partial charge in [-0.05, 0) is 25.9 Å².